The minimum atomic E-state index is -1.92. The number of carbonyl (C=O) groups excluding carboxylic acids is 11. The Labute approximate surface area is 606 Å². The number of phenols is 3. The molecule has 0 unspecified atom stereocenters. The molecule has 0 aliphatic rings. The van der Waals surface area contributed by atoms with Gasteiger partial charge in [-0.25, -0.2) is 4.79 Å². The first-order valence-corrected chi connectivity index (χ1v) is 34.3. The molecule has 5 rings (SSSR count). The van der Waals surface area contributed by atoms with Crippen LogP contribution in [0.4, 0.5) is 0 Å². The van der Waals surface area contributed by atoms with Crippen LogP contribution in [0, 0.1) is 5.41 Å². The number of amides is 11. The highest BCUT2D eigenvalue weighted by atomic mass is 16.4. The Kier molecular flexibility index (Phi) is 35.1. The molecule has 0 saturated heterocycles. The van der Waals surface area contributed by atoms with Gasteiger partial charge in [-0.3, -0.25) is 58.1 Å². The highest BCUT2D eigenvalue weighted by molar-refractivity contribution is 6.00. The maximum absolute atomic E-state index is 14.9. The summed E-state index contributed by atoms with van der Waals surface area (Å²) in [6, 6.07) is 18.1. The molecule has 105 heavy (non-hydrogen) atoms. The summed E-state index contributed by atoms with van der Waals surface area (Å²) in [7, 11) is 0. The molecule has 0 spiro atoms. The Morgan fingerprint density at radius 2 is 0.638 bits per heavy atom. The molecular formula is C72H97N17O16. The fourth-order valence-electron chi connectivity index (χ4n) is 11.0. The molecule has 0 saturated carbocycles. The summed E-state index contributed by atoms with van der Waals surface area (Å²) in [5.74, 6) is -12.9. The molecule has 33 heteroatoms. The number of primary amides is 2. The monoisotopic (exact) mass is 1460 g/mol. The molecule has 0 aromatic heterocycles. The quantitative estimate of drug-likeness (QED) is 0.0111. The third-order valence-electron chi connectivity index (χ3n) is 16.7. The molecule has 0 radical (unpaired) electrons. The van der Waals surface area contributed by atoms with Crippen molar-refractivity contribution in [2.24, 2.45) is 34.4 Å². The van der Waals surface area contributed by atoms with Crippen molar-refractivity contribution in [1.82, 2.24) is 53.2 Å². The lowest BCUT2D eigenvalue weighted by Crippen LogP contribution is -2.61. The van der Waals surface area contributed by atoms with Crippen molar-refractivity contribution in [1.29, 1.82) is 5.41 Å². The molecular weight excluding hydrogens is 1360 g/mol. The molecule has 0 aliphatic heterocycles. The number of unbranched alkanes of at least 4 members (excludes halogenated alkanes) is 2. The third-order valence-corrected chi connectivity index (χ3v) is 16.7. The fourth-order valence-corrected chi connectivity index (χ4v) is 11.0. The summed E-state index contributed by atoms with van der Waals surface area (Å²) < 4.78 is 0. The first-order chi connectivity index (χ1) is 50.1. The van der Waals surface area contributed by atoms with Gasteiger partial charge >= 0.3 is 5.97 Å². The van der Waals surface area contributed by atoms with Crippen molar-refractivity contribution in [3.8, 4) is 17.2 Å². The van der Waals surface area contributed by atoms with E-state index in [1.807, 2.05) is 0 Å². The van der Waals surface area contributed by atoms with Gasteiger partial charge in [0, 0.05) is 38.6 Å². The maximum Gasteiger partial charge on any atom is 0.326 e. The van der Waals surface area contributed by atoms with Gasteiger partial charge in [0.25, 0.3) is 0 Å². The normalized spacial score (nSPS) is 13.8. The first-order valence-electron chi connectivity index (χ1n) is 34.3. The summed E-state index contributed by atoms with van der Waals surface area (Å²) in [6.45, 7) is 0.491. The van der Waals surface area contributed by atoms with Crippen LogP contribution in [0.25, 0.3) is 0 Å². The highest BCUT2D eigenvalue weighted by Crippen LogP contribution is 2.18. The van der Waals surface area contributed by atoms with Crippen LogP contribution < -0.4 is 87.6 Å². The molecule has 0 bridgehead atoms. The summed E-state index contributed by atoms with van der Waals surface area (Å²) in [6.07, 6.45) is -1.71. The second kappa shape index (κ2) is 43.9. The number of nitrogens with one attached hydrogen (secondary N) is 11. The fraction of sp³-hybridized carbons (Fsp3) is 0.403. The van der Waals surface area contributed by atoms with Gasteiger partial charge in [-0.1, -0.05) is 97.1 Å². The lowest BCUT2D eigenvalue weighted by molar-refractivity contribution is -0.142. The molecule has 0 heterocycles. The van der Waals surface area contributed by atoms with E-state index >= 15 is 0 Å². The number of carboxylic acids is 1. The number of phenolic OH excluding ortho intramolecular Hbond substituents is 3. The van der Waals surface area contributed by atoms with Gasteiger partial charge in [-0.15, -0.1) is 0 Å². The molecule has 566 valence electrons. The number of aliphatic carboxylic acids is 1. The molecule has 27 N–H and O–H groups in total. The van der Waals surface area contributed by atoms with Gasteiger partial charge in [0.1, 0.15) is 71.6 Å². The summed E-state index contributed by atoms with van der Waals surface area (Å²) in [4.78, 5) is 168. The zero-order valence-corrected chi connectivity index (χ0v) is 58.1. The van der Waals surface area contributed by atoms with E-state index in [1.165, 1.54) is 60.7 Å². The smallest absolute Gasteiger partial charge is 0.326 e. The number of rotatable bonds is 46. The number of hydrogen-bond donors (Lipinski definition) is 21. The standard InChI is InChI=1S/C72H97N17O16/c73-33-9-7-16-51(82-64(97)53(18-11-35-80-72(78)79)81-62(95)50(75)36-44-19-25-47(90)26-20-44)63(96)83-52(17-8-10-34-74)65(98)85-56(38-45-21-27-48(91)28-22-45)68(101)88-58(41-61(77)94)70(103)87-55(37-42-12-3-1-4-13-42)67(100)84-54(31-32-60(76)93)66(99)86-57(39-46-23-29-49(92)30-24-46)69(102)89-59(71(104)105)40-43-14-5-2-6-15-43/h1-6,12-15,19-30,50-59,90-92H,7-11,16-18,31-41,73-75H2,(H2,76,93)(H2,77,94)(H,81,95)(H,82,97)(H,83,96)(H,84,100)(H,85,98)(H,86,99)(H,87,103)(H,88,101)(H,89,102)(H,104,105)(H4,78,79,80)/t50-,51-,52-,53-,54-,55-,56-,57-,58-,59-/m0/s1. The minimum absolute atomic E-state index is 0.00747. The van der Waals surface area contributed by atoms with Crippen molar-refractivity contribution in [2.75, 3.05) is 19.6 Å². The van der Waals surface area contributed by atoms with Crippen molar-refractivity contribution in [2.45, 2.75) is 163 Å². The van der Waals surface area contributed by atoms with Crippen LogP contribution in [0.5, 0.6) is 17.2 Å². The van der Waals surface area contributed by atoms with E-state index in [0.717, 1.165) is 0 Å². The van der Waals surface area contributed by atoms with Crippen molar-refractivity contribution >= 4 is 76.9 Å². The second-order valence-corrected chi connectivity index (χ2v) is 25.2. The highest BCUT2D eigenvalue weighted by Gasteiger charge is 2.37. The van der Waals surface area contributed by atoms with Crippen LogP contribution in [0.15, 0.2) is 133 Å². The predicted molar refractivity (Wildman–Crippen MR) is 386 cm³/mol. The van der Waals surface area contributed by atoms with Crippen LogP contribution in [-0.4, -0.2) is 177 Å². The topological polar surface area (TPSA) is 586 Å². The van der Waals surface area contributed by atoms with Crippen LogP contribution in [0.3, 0.4) is 0 Å². The summed E-state index contributed by atoms with van der Waals surface area (Å²) in [5, 5.41) is 73.6. The van der Waals surface area contributed by atoms with E-state index in [9.17, 15) is 78.0 Å². The van der Waals surface area contributed by atoms with Crippen molar-refractivity contribution in [3.63, 3.8) is 0 Å². The zero-order chi connectivity index (χ0) is 77.0. The number of carbonyl (C=O) groups is 12. The van der Waals surface area contributed by atoms with Gasteiger partial charge in [-0.05, 0) is 142 Å². The van der Waals surface area contributed by atoms with Gasteiger partial charge in [0.2, 0.25) is 65.0 Å². The van der Waals surface area contributed by atoms with Gasteiger partial charge in [-0.2, -0.15) is 0 Å². The van der Waals surface area contributed by atoms with E-state index in [4.69, 9.17) is 39.8 Å². The maximum atomic E-state index is 14.9. The lowest BCUT2D eigenvalue weighted by atomic mass is 10.0. The zero-order valence-electron chi connectivity index (χ0n) is 58.1. The average Bonchev–Trinajstić information content (AvgIpc) is 0.851. The van der Waals surface area contributed by atoms with Crippen molar-refractivity contribution < 1.29 is 78.0 Å². The van der Waals surface area contributed by atoms with E-state index in [0.29, 0.717) is 40.7 Å². The van der Waals surface area contributed by atoms with E-state index in [2.05, 4.69) is 53.2 Å². The summed E-state index contributed by atoms with van der Waals surface area (Å²) in [5.41, 5.74) is 37.0. The minimum Gasteiger partial charge on any atom is -0.508 e. The average molecular weight is 1460 g/mol. The molecule has 10 atom stereocenters. The van der Waals surface area contributed by atoms with Crippen LogP contribution in [0.1, 0.15) is 98.4 Å². The Bertz CT molecular complexity index is 3710. The number of guanidine groups is 1. The Hall–Kier alpha value is -11.7. The van der Waals surface area contributed by atoms with Crippen LogP contribution in [0.2, 0.25) is 0 Å². The SMILES string of the molecule is N=C(N)NCCC[C@H](NC(=O)[C@@H](N)Cc1ccc(O)cc1)C(=O)N[C@@H](CCCCN)C(=O)N[C@@H](CCCCN)C(=O)N[C@@H](Cc1ccc(O)cc1)C(=O)N[C@@H](CC(N)=O)C(=O)N[C@@H](Cc1ccccc1)C(=O)N[C@@H](CCC(N)=O)C(=O)N[C@@H](Cc1ccc(O)cc1)C(=O)N[C@@H](Cc1ccccc1)C(=O)O. The molecule has 0 aliphatic carbocycles. The van der Waals surface area contributed by atoms with E-state index in [-0.39, 0.29) is 113 Å². The molecule has 5 aromatic carbocycles. The Morgan fingerprint density at radius 3 is 0.990 bits per heavy atom. The van der Waals surface area contributed by atoms with Gasteiger partial charge < -0.3 is 108 Å². The number of nitrogens with two attached hydrogens (primary N) is 6. The van der Waals surface area contributed by atoms with E-state index in [1.54, 1.807) is 72.8 Å². The number of carboxylic acid groups (broad SMARTS) is 1. The van der Waals surface area contributed by atoms with Crippen LogP contribution in [-0.2, 0) is 89.6 Å². The predicted octanol–water partition coefficient (Wildman–Crippen LogP) is -2.25. The first kappa shape index (κ1) is 83.9. The molecule has 11 amide bonds. The number of benzene rings is 5. The van der Waals surface area contributed by atoms with E-state index < -0.39 is 151 Å². The lowest BCUT2D eigenvalue weighted by Gasteiger charge is -2.28. The Morgan fingerprint density at radius 1 is 0.343 bits per heavy atom. The summed E-state index contributed by atoms with van der Waals surface area (Å²) >= 11 is 0. The van der Waals surface area contributed by atoms with Crippen LogP contribution >= 0.6 is 0 Å². The number of aromatic hydroxyl groups is 3. The largest absolute Gasteiger partial charge is 0.508 e. The molecule has 33 nitrogen and oxygen atoms in total. The Balaban J connectivity index is 1.43. The van der Waals surface area contributed by atoms with Gasteiger partial charge in [0.15, 0.2) is 5.96 Å². The molecule has 5 aromatic rings. The van der Waals surface area contributed by atoms with Gasteiger partial charge in [0.05, 0.1) is 12.5 Å². The molecule has 0 fully saturated rings. The second-order valence-electron chi connectivity index (χ2n) is 25.2. The van der Waals surface area contributed by atoms with Crippen molar-refractivity contribution in [3.05, 3.63) is 161 Å². The third kappa shape index (κ3) is 30.8. The number of hydrogen-bond acceptors (Lipinski definition) is 19.